The van der Waals surface area contributed by atoms with E-state index in [-0.39, 0.29) is 17.1 Å². The molecule has 0 aromatic heterocycles. The molecule has 0 radical (unpaired) electrons. The van der Waals surface area contributed by atoms with Gasteiger partial charge in [0.2, 0.25) is 0 Å². The third kappa shape index (κ3) is 4.12. The Morgan fingerprint density at radius 2 is 1.83 bits per heavy atom. The number of nitriles is 2. The van der Waals surface area contributed by atoms with Gasteiger partial charge in [-0.15, -0.1) is 0 Å². The van der Waals surface area contributed by atoms with Crippen molar-refractivity contribution in [1.29, 1.82) is 10.5 Å². The third-order valence-electron chi connectivity index (χ3n) is 3.31. The van der Waals surface area contributed by atoms with Gasteiger partial charge in [0.25, 0.3) is 0 Å². The number of carbonyl (C=O) groups is 1. The van der Waals surface area contributed by atoms with E-state index in [1.807, 2.05) is 19.1 Å². The Morgan fingerprint density at radius 1 is 1.08 bits per heavy atom. The number of rotatable bonds is 6. The molecule has 2 aromatic rings. The molecule has 5 nitrogen and oxygen atoms in total. The summed E-state index contributed by atoms with van der Waals surface area (Å²) in [5, 5.41) is 18.2. The second-order valence-corrected chi connectivity index (χ2v) is 5.02. The Bertz CT molecular complexity index is 799. The van der Waals surface area contributed by atoms with Gasteiger partial charge in [-0.05, 0) is 42.8 Å². The fourth-order valence-electron chi connectivity index (χ4n) is 2.00. The minimum atomic E-state index is -0.376. The molecule has 0 aliphatic rings. The molecule has 24 heavy (non-hydrogen) atoms. The van der Waals surface area contributed by atoms with Crippen molar-refractivity contribution in [2.45, 2.75) is 19.8 Å². The standard InChI is InChI=1S/C19H16N2O3/c1-2-3-11-23-19(22)14-7-9-16(10-8-14)24-18-6-4-5-15(12-20)17(18)13-21/h4-10H,2-3,11H2,1H3. The van der Waals surface area contributed by atoms with Gasteiger partial charge in [0.05, 0.1) is 17.7 Å². The molecular formula is C19H16N2O3. The number of benzene rings is 2. The number of unbranched alkanes of at least 4 members (excludes halogenated alkanes) is 1. The highest BCUT2D eigenvalue weighted by molar-refractivity contribution is 5.89. The lowest BCUT2D eigenvalue weighted by Crippen LogP contribution is -2.06. The van der Waals surface area contributed by atoms with Crippen LogP contribution in [0.2, 0.25) is 0 Å². The van der Waals surface area contributed by atoms with Gasteiger partial charge in [-0.3, -0.25) is 0 Å². The van der Waals surface area contributed by atoms with Gasteiger partial charge in [0.1, 0.15) is 29.2 Å². The predicted molar refractivity (Wildman–Crippen MR) is 87.6 cm³/mol. The Kier molecular flexibility index (Phi) is 5.94. The average molecular weight is 320 g/mol. The second kappa shape index (κ2) is 8.36. The van der Waals surface area contributed by atoms with Crippen LogP contribution in [0, 0.1) is 22.7 Å². The lowest BCUT2D eigenvalue weighted by Gasteiger charge is -2.09. The van der Waals surface area contributed by atoms with E-state index in [9.17, 15) is 10.1 Å². The van der Waals surface area contributed by atoms with Gasteiger partial charge in [-0.1, -0.05) is 19.4 Å². The van der Waals surface area contributed by atoms with Crippen molar-refractivity contribution in [2.24, 2.45) is 0 Å². The molecule has 120 valence electrons. The quantitative estimate of drug-likeness (QED) is 0.589. The first-order valence-corrected chi connectivity index (χ1v) is 7.57. The van der Waals surface area contributed by atoms with E-state index in [0.717, 1.165) is 12.8 Å². The van der Waals surface area contributed by atoms with Crippen molar-refractivity contribution in [1.82, 2.24) is 0 Å². The molecule has 2 aromatic carbocycles. The zero-order chi connectivity index (χ0) is 17.4. The maximum atomic E-state index is 11.8. The van der Waals surface area contributed by atoms with Crippen LogP contribution in [0.25, 0.3) is 0 Å². The maximum absolute atomic E-state index is 11.8. The first-order chi connectivity index (χ1) is 11.7. The van der Waals surface area contributed by atoms with Crippen molar-refractivity contribution in [3.8, 4) is 23.6 Å². The summed E-state index contributed by atoms with van der Waals surface area (Å²) in [6, 6.07) is 15.2. The lowest BCUT2D eigenvalue weighted by atomic mass is 10.1. The van der Waals surface area contributed by atoms with Gasteiger partial charge < -0.3 is 9.47 Å². The molecule has 0 spiro atoms. The van der Waals surface area contributed by atoms with Crippen molar-refractivity contribution in [2.75, 3.05) is 6.61 Å². The van der Waals surface area contributed by atoms with E-state index in [1.165, 1.54) is 0 Å². The SMILES string of the molecule is CCCCOC(=O)c1ccc(Oc2cccc(C#N)c2C#N)cc1. The zero-order valence-electron chi connectivity index (χ0n) is 13.3. The Hall–Kier alpha value is -3.31. The molecule has 0 atom stereocenters. The van der Waals surface area contributed by atoms with Gasteiger partial charge in [-0.25, -0.2) is 4.79 Å². The molecule has 0 bridgehead atoms. The van der Waals surface area contributed by atoms with Gasteiger partial charge in [0, 0.05) is 0 Å². The highest BCUT2D eigenvalue weighted by Gasteiger charge is 2.11. The van der Waals surface area contributed by atoms with Gasteiger partial charge in [-0.2, -0.15) is 10.5 Å². The monoisotopic (exact) mass is 320 g/mol. The number of carbonyl (C=O) groups excluding carboxylic acids is 1. The van der Waals surface area contributed by atoms with E-state index >= 15 is 0 Å². The van der Waals surface area contributed by atoms with Gasteiger partial charge >= 0.3 is 5.97 Å². The van der Waals surface area contributed by atoms with E-state index in [4.69, 9.17) is 14.7 Å². The molecule has 5 heteroatoms. The van der Waals surface area contributed by atoms with E-state index in [1.54, 1.807) is 42.5 Å². The molecule has 0 amide bonds. The van der Waals surface area contributed by atoms with Crippen LogP contribution in [-0.2, 0) is 4.74 Å². The molecule has 0 aliphatic carbocycles. The van der Waals surface area contributed by atoms with Gasteiger partial charge in [0.15, 0.2) is 0 Å². The number of nitrogens with zero attached hydrogens (tertiary/aromatic N) is 2. The van der Waals surface area contributed by atoms with Crippen LogP contribution in [0.5, 0.6) is 11.5 Å². The topological polar surface area (TPSA) is 83.1 Å². The Balaban J connectivity index is 2.12. The minimum Gasteiger partial charge on any atom is -0.462 e. The largest absolute Gasteiger partial charge is 0.462 e. The molecule has 0 saturated carbocycles. The van der Waals surface area contributed by atoms with Crippen molar-refractivity contribution in [3.63, 3.8) is 0 Å². The summed E-state index contributed by atoms with van der Waals surface area (Å²) in [6.07, 6.45) is 1.79. The number of esters is 1. The summed E-state index contributed by atoms with van der Waals surface area (Å²) in [4.78, 5) is 11.8. The first kappa shape index (κ1) is 17.1. The summed E-state index contributed by atoms with van der Waals surface area (Å²) in [5.74, 6) is 0.390. The molecule has 0 fully saturated rings. The van der Waals surface area contributed by atoms with Crippen molar-refractivity contribution in [3.05, 3.63) is 59.2 Å². The van der Waals surface area contributed by atoms with Crippen molar-refractivity contribution >= 4 is 5.97 Å². The van der Waals surface area contributed by atoms with E-state index in [2.05, 4.69) is 0 Å². The van der Waals surface area contributed by atoms with Crippen LogP contribution in [0.3, 0.4) is 0 Å². The number of hydrogen-bond acceptors (Lipinski definition) is 5. The molecule has 0 saturated heterocycles. The normalized spacial score (nSPS) is 9.62. The number of hydrogen-bond donors (Lipinski definition) is 0. The summed E-state index contributed by atoms with van der Waals surface area (Å²) in [6.45, 7) is 2.43. The highest BCUT2D eigenvalue weighted by atomic mass is 16.5. The van der Waals surface area contributed by atoms with Crippen molar-refractivity contribution < 1.29 is 14.3 Å². The van der Waals surface area contributed by atoms with E-state index < -0.39 is 0 Å². The molecule has 2 rings (SSSR count). The van der Waals surface area contributed by atoms with Crippen LogP contribution < -0.4 is 4.74 Å². The minimum absolute atomic E-state index is 0.183. The summed E-state index contributed by atoms with van der Waals surface area (Å²) >= 11 is 0. The molecule has 0 heterocycles. The first-order valence-electron chi connectivity index (χ1n) is 7.57. The van der Waals surface area contributed by atoms with Crippen LogP contribution in [-0.4, -0.2) is 12.6 Å². The maximum Gasteiger partial charge on any atom is 0.338 e. The van der Waals surface area contributed by atoms with E-state index in [0.29, 0.717) is 23.7 Å². The summed E-state index contributed by atoms with van der Waals surface area (Å²) in [7, 11) is 0. The van der Waals surface area contributed by atoms with Crippen LogP contribution in [0.4, 0.5) is 0 Å². The smallest absolute Gasteiger partial charge is 0.338 e. The lowest BCUT2D eigenvalue weighted by molar-refractivity contribution is 0.0499. The summed E-state index contributed by atoms with van der Waals surface area (Å²) < 4.78 is 10.8. The third-order valence-corrected chi connectivity index (χ3v) is 3.31. The van der Waals surface area contributed by atoms with Crippen LogP contribution in [0.15, 0.2) is 42.5 Å². The average Bonchev–Trinajstić information content (AvgIpc) is 2.62. The second-order valence-electron chi connectivity index (χ2n) is 5.02. The molecule has 0 aliphatic heterocycles. The number of ether oxygens (including phenoxy) is 2. The van der Waals surface area contributed by atoms with Crippen LogP contribution >= 0.6 is 0 Å². The zero-order valence-corrected chi connectivity index (χ0v) is 13.3. The Labute approximate surface area is 140 Å². The fraction of sp³-hybridized carbons (Fsp3) is 0.211. The molecule has 0 unspecified atom stereocenters. The molecular weight excluding hydrogens is 304 g/mol. The summed E-state index contributed by atoms with van der Waals surface area (Å²) in [5.41, 5.74) is 0.874. The van der Waals surface area contributed by atoms with Crippen LogP contribution in [0.1, 0.15) is 41.3 Å². The Morgan fingerprint density at radius 3 is 2.46 bits per heavy atom. The fourth-order valence-corrected chi connectivity index (χ4v) is 2.00. The predicted octanol–water partition coefficient (Wildman–Crippen LogP) is 4.18. The highest BCUT2D eigenvalue weighted by Crippen LogP contribution is 2.27. The molecule has 0 N–H and O–H groups in total.